The molecule has 1 unspecified atom stereocenters. The molecule has 1 atom stereocenters. The van der Waals surface area contributed by atoms with Gasteiger partial charge in [-0.1, -0.05) is 13.8 Å². The van der Waals surface area contributed by atoms with Crippen LogP contribution < -0.4 is 22.3 Å². The summed E-state index contributed by atoms with van der Waals surface area (Å²) in [5, 5.41) is 3.07. The van der Waals surface area contributed by atoms with Gasteiger partial charge in [-0.15, -0.1) is 0 Å². The number of aromatic amines is 1. The summed E-state index contributed by atoms with van der Waals surface area (Å²) in [5.41, 5.74) is 5.07. The molecular formula is C12H22N4O2. The molecule has 102 valence electrons. The number of hydrogen-bond donors (Lipinski definition) is 3. The van der Waals surface area contributed by atoms with Gasteiger partial charge in [-0.3, -0.25) is 14.3 Å². The van der Waals surface area contributed by atoms with Crippen LogP contribution in [0.4, 0.5) is 11.5 Å². The lowest BCUT2D eigenvalue weighted by Gasteiger charge is -2.17. The highest BCUT2D eigenvalue weighted by atomic mass is 16.2. The van der Waals surface area contributed by atoms with E-state index in [-0.39, 0.29) is 17.5 Å². The van der Waals surface area contributed by atoms with E-state index in [0.717, 1.165) is 12.8 Å². The molecule has 0 spiro atoms. The molecule has 0 aliphatic carbocycles. The van der Waals surface area contributed by atoms with Crippen molar-refractivity contribution in [3.8, 4) is 0 Å². The Morgan fingerprint density at radius 2 is 1.89 bits per heavy atom. The maximum absolute atomic E-state index is 11.7. The van der Waals surface area contributed by atoms with Crippen molar-refractivity contribution < 1.29 is 0 Å². The molecule has 1 heterocycles. The molecule has 1 rings (SSSR count). The Morgan fingerprint density at radius 1 is 1.28 bits per heavy atom. The first-order valence-corrected chi connectivity index (χ1v) is 6.18. The maximum atomic E-state index is 11.7. The largest absolute Gasteiger partial charge is 0.383 e. The van der Waals surface area contributed by atoms with Crippen LogP contribution in [0, 0.1) is 5.92 Å². The number of H-pyrrole nitrogens is 1. The van der Waals surface area contributed by atoms with Crippen LogP contribution in [-0.2, 0) is 7.05 Å². The van der Waals surface area contributed by atoms with Gasteiger partial charge < -0.3 is 11.1 Å². The van der Waals surface area contributed by atoms with E-state index in [0.29, 0.717) is 5.92 Å². The number of anilines is 2. The van der Waals surface area contributed by atoms with E-state index in [1.807, 2.05) is 6.92 Å². The fourth-order valence-corrected chi connectivity index (χ4v) is 1.68. The van der Waals surface area contributed by atoms with Gasteiger partial charge >= 0.3 is 5.69 Å². The van der Waals surface area contributed by atoms with Crippen molar-refractivity contribution in [1.29, 1.82) is 0 Å². The van der Waals surface area contributed by atoms with Crippen molar-refractivity contribution in [2.45, 2.75) is 39.7 Å². The van der Waals surface area contributed by atoms with E-state index in [1.54, 1.807) is 0 Å². The molecule has 6 nitrogen and oxygen atoms in total. The van der Waals surface area contributed by atoms with Crippen LogP contribution in [-0.4, -0.2) is 15.6 Å². The van der Waals surface area contributed by atoms with Gasteiger partial charge in [0.05, 0.1) is 0 Å². The molecule has 4 N–H and O–H groups in total. The Bertz CT molecular complexity index is 516. The molecule has 18 heavy (non-hydrogen) atoms. The number of aromatic nitrogens is 2. The summed E-state index contributed by atoms with van der Waals surface area (Å²) in [7, 11) is 1.53. The SMILES string of the molecule is CC(C)CCC(C)Nc1c(N)n(C)c(=O)[nH]c1=O. The van der Waals surface area contributed by atoms with Crippen molar-refractivity contribution >= 4 is 11.5 Å². The van der Waals surface area contributed by atoms with E-state index < -0.39 is 11.2 Å². The van der Waals surface area contributed by atoms with E-state index in [1.165, 1.54) is 11.6 Å². The zero-order valence-electron chi connectivity index (χ0n) is 11.4. The molecule has 6 heteroatoms. The van der Waals surface area contributed by atoms with Crippen LogP contribution >= 0.6 is 0 Å². The van der Waals surface area contributed by atoms with Crippen LogP contribution in [0.5, 0.6) is 0 Å². The predicted molar refractivity (Wildman–Crippen MR) is 73.9 cm³/mol. The number of nitrogens with zero attached hydrogens (tertiary/aromatic N) is 1. The average molecular weight is 254 g/mol. The second-order valence-corrected chi connectivity index (χ2v) is 5.10. The highest BCUT2D eigenvalue weighted by Gasteiger charge is 2.12. The van der Waals surface area contributed by atoms with Crippen LogP contribution in [0.15, 0.2) is 9.59 Å². The van der Waals surface area contributed by atoms with E-state index in [4.69, 9.17) is 5.73 Å². The average Bonchev–Trinajstić information content (AvgIpc) is 2.29. The Hall–Kier alpha value is -1.72. The van der Waals surface area contributed by atoms with Crippen molar-refractivity contribution in [2.75, 3.05) is 11.1 Å². The third-order valence-electron chi connectivity index (χ3n) is 2.94. The number of nitrogen functional groups attached to an aromatic ring is 1. The molecule has 0 aliphatic rings. The highest BCUT2D eigenvalue weighted by molar-refractivity contribution is 5.60. The minimum atomic E-state index is -0.502. The van der Waals surface area contributed by atoms with Crippen LogP contribution in [0.3, 0.4) is 0 Å². The van der Waals surface area contributed by atoms with Crippen LogP contribution in [0.1, 0.15) is 33.6 Å². The number of hydrogen-bond acceptors (Lipinski definition) is 4. The second-order valence-electron chi connectivity index (χ2n) is 5.10. The minimum absolute atomic E-state index is 0.133. The van der Waals surface area contributed by atoms with Crippen LogP contribution in [0.2, 0.25) is 0 Å². The van der Waals surface area contributed by atoms with Gasteiger partial charge in [-0.25, -0.2) is 4.79 Å². The van der Waals surface area contributed by atoms with Gasteiger partial charge in [0.15, 0.2) is 0 Å². The lowest BCUT2D eigenvalue weighted by atomic mass is 10.0. The van der Waals surface area contributed by atoms with E-state index >= 15 is 0 Å². The van der Waals surface area contributed by atoms with E-state index in [2.05, 4.69) is 24.1 Å². The lowest BCUT2D eigenvalue weighted by molar-refractivity contribution is 0.527. The van der Waals surface area contributed by atoms with Crippen molar-refractivity contribution in [1.82, 2.24) is 9.55 Å². The summed E-state index contributed by atoms with van der Waals surface area (Å²) in [6.07, 6.45) is 2.01. The highest BCUT2D eigenvalue weighted by Crippen LogP contribution is 2.14. The Kier molecular flexibility index (Phi) is 4.58. The Balaban J connectivity index is 2.88. The van der Waals surface area contributed by atoms with Crippen molar-refractivity contribution in [2.24, 2.45) is 13.0 Å². The molecule has 0 saturated carbocycles. The molecule has 1 aromatic heterocycles. The molecule has 0 saturated heterocycles. The number of rotatable bonds is 5. The molecule has 0 aromatic carbocycles. The standard InChI is InChI=1S/C12H22N4O2/c1-7(2)5-6-8(3)14-9-10(13)16(4)12(18)15-11(9)17/h7-8,14H,5-6,13H2,1-4H3,(H,15,17,18). The van der Waals surface area contributed by atoms with Gasteiger partial charge in [-0.2, -0.15) is 0 Å². The zero-order chi connectivity index (χ0) is 13.9. The summed E-state index contributed by atoms with van der Waals surface area (Å²) in [6.45, 7) is 6.30. The Labute approximate surface area is 106 Å². The van der Waals surface area contributed by atoms with E-state index in [9.17, 15) is 9.59 Å². The molecule has 0 bridgehead atoms. The third kappa shape index (κ3) is 3.38. The fraction of sp³-hybridized carbons (Fsp3) is 0.667. The minimum Gasteiger partial charge on any atom is -0.383 e. The van der Waals surface area contributed by atoms with Gasteiger partial charge in [0.1, 0.15) is 11.5 Å². The van der Waals surface area contributed by atoms with Gasteiger partial charge in [-0.05, 0) is 25.7 Å². The first-order valence-electron chi connectivity index (χ1n) is 6.18. The molecule has 1 aromatic rings. The lowest BCUT2D eigenvalue weighted by Crippen LogP contribution is -2.34. The number of nitrogens with one attached hydrogen (secondary N) is 2. The molecular weight excluding hydrogens is 232 g/mol. The summed E-state index contributed by atoms with van der Waals surface area (Å²) >= 11 is 0. The molecule has 0 aliphatic heterocycles. The topological polar surface area (TPSA) is 92.9 Å². The van der Waals surface area contributed by atoms with Crippen LogP contribution in [0.25, 0.3) is 0 Å². The molecule has 0 fully saturated rings. The summed E-state index contributed by atoms with van der Waals surface area (Å²) in [6, 6.07) is 0.133. The third-order valence-corrected chi connectivity index (χ3v) is 2.94. The Morgan fingerprint density at radius 3 is 2.44 bits per heavy atom. The quantitative estimate of drug-likeness (QED) is 0.727. The normalized spacial score (nSPS) is 12.7. The van der Waals surface area contributed by atoms with Crippen molar-refractivity contribution in [3.63, 3.8) is 0 Å². The number of nitrogens with two attached hydrogens (primary N) is 1. The first-order chi connectivity index (χ1) is 8.32. The summed E-state index contributed by atoms with van der Waals surface area (Å²) in [4.78, 5) is 25.2. The van der Waals surface area contributed by atoms with Gasteiger partial charge in [0.2, 0.25) is 0 Å². The molecule has 0 radical (unpaired) electrons. The second kappa shape index (κ2) is 5.75. The maximum Gasteiger partial charge on any atom is 0.329 e. The van der Waals surface area contributed by atoms with Gasteiger partial charge in [0, 0.05) is 13.1 Å². The smallest absolute Gasteiger partial charge is 0.329 e. The van der Waals surface area contributed by atoms with Crippen molar-refractivity contribution in [3.05, 3.63) is 20.8 Å². The monoisotopic (exact) mass is 254 g/mol. The fourth-order valence-electron chi connectivity index (χ4n) is 1.68. The zero-order valence-corrected chi connectivity index (χ0v) is 11.4. The predicted octanol–water partition coefficient (Wildman–Crippen LogP) is 0.892. The summed E-state index contributed by atoms with van der Waals surface area (Å²) in [5.74, 6) is 0.783. The summed E-state index contributed by atoms with van der Waals surface area (Å²) < 4.78 is 1.22. The molecule has 0 amide bonds. The van der Waals surface area contributed by atoms with Gasteiger partial charge in [0.25, 0.3) is 5.56 Å². The first kappa shape index (κ1) is 14.3.